The van der Waals surface area contributed by atoms with Crippen molar-refractivity contribution in [3.05, 3.63) is 169 Å². The Morgan fingerprint density at radius 2 is 1.15 bits per heavy atom. The van der Waals surface area contributed by atoms with Crippen molar-refractivity contribution < 1.29 is 0 Å². The van der Waals surface area contributed by atoms with Crippen LogP contribution in [0.15, 0.2) is 168 Å². The number of thiophene rings is 1. The van der Waals surface area contributed by atoms with Gasteiger partial charge in [-0.3, -0.25) is 0 Å². The summed E-state index contributed by atoms with van der Waals surface area (Å²) in [5.74, 6) is 0. The summed E-state index contributed by atoms with van der Waals surface area (Å²) in [7, 11) is -2.65. The Morgan fingerprint density at radius 1 is 0.500 bits per heavy atom. The van der Waals surface area contributed by atoms with Crippen LogP contribution in [0.3, 0.4) is 0 Å². The van der Waals surface area contributed by atoms with Crippen LogP contribution in [0, 0.1) is 6.57 Å². The Balaban J connectivity index is 1.26. The molecule has 0 fully saturated rings. The minimum absolute atomic E-state index is 0.665. The molecule has 10 rings (SSSR count). The van der Waals surface area contributed by atoms with Crippen LogP contribution in [-0.2, 0) is 0 Å². The van der Waals surface area contributed by atoms with Crippen molar-refractivity contribution in [1.82, 2.24) is 4.57 Å². The van der Waals surface area contributed by atoms with Crippen molar-refractivity contribution in [1.29, 1.82) is 0 Å². The summed E-state index contributed by atoms with van der Waals surface area (Å²) in [5, 5.41) is 10.6. The fraction of sp³-hybridized carbons (Fsp3) is 0. The zero-order valence-corrected chi connectivity index (χ0v) is 28.4. The topological polar surface area (TPSA) is 9.29 Å². The van der Waals surface area contributed by atoms with Gasteiger partial charge in [0.05, 0.1) is 17.6 Å². The molecule has 0 bridgehead atoms. The van der Waals surface area contributed by atoms with Gasteiger partial charge in [-0.25, -0.2) is 4.85 Å². The molecule has 0 saturated carbocycles. The highest BCUT2D eigenvalue weighted by Gasteiger charge is 2.46. The molecular weight excluding hydrogens is 637 g/mol. The van der Waals surface area contributed by atoms with Crippen LogP contribution in [-0.4, -0.2) is 12.6 Å². The number of rotatable bonds is 3. The van der Waals surface area contributed by atoms with Gasteiger partial charge in [0.15, 0.2) is 13.8 Å². The molecule has 2 aromatic heterocycles. The van der Waals surface area contributed by atoms with Crippen molar-refractivity contribution in [3.63, 3.8) is 0 Å². The van der Waals surface area contributed by atoms with E-state index in [0.717, 1.165) is 22.1 Å². The van der Waals surface area contributed by atoms with Crippen LogP contribution in [0.4, 0.5) is 5.69 Å². The van der Waals surface area contributed by atoms with Crippen LogP contribution >= 0.6 is 23.1 Å². The minimum Gasteiger partial charge on any atom is -0.309 e. The maximum Gasteiger partial charge on any atom is 0.188 e. The second-order valence-corrected chi connectivity index (χ2v) is 18.3. The van der Waals surface area contributed by atoms with Gasteiger partial charge >= 0.3 is 0 Å². The third-order valence-corrected chi connectivity index (χ3v) is 17.5. The van der Waals surface area contributed by atoms with Gasteiger partial charge in [0.2, 0.25) is 0 Å². The van der Waals surface area contributed by atoms with E-state index in [0.29, 0.717) is 5.69 Å². The van der Waals surface area contributed by atoms with Gasteiger partial charge in [-0.05, 0) is 80.7 Å². The van der Waals surface area contributed by atoms with E-state index >= 15 is 0 Å². The molecule has 48 heavy (non-hydrogen) atoms. The highest BCUT2D eigenvalue weighted by molar-refractivity contribution is 8.00. The van der Waals surface area contributed by atoms with Gasteiger partial charge in [-0.15, -0.1) is 11.3 Å². The summed E-state index contributed by atoms with van der Waals surface area (Å²) in [5.41, 5.74) is 4.07. The first-order valence-corrected chi connectivity index (χ1v) is 19.7. The van der Waals surface area contributed by atoms with E-state index in [1.54, 1.807) is 0 Å². The summed E-state index contributed by atoms with van der Waals surface area (Å²) >= 11 is 3.77. The zero-order chi connectivity index (χ0) is 31.8. The van der Waals surface area contributed by atoms with E-state index in [1.165, 1.54) is 56.1 Å². The van der Waals surface area contributed by atoms with Crippen LogP contribution in [0.25, 0.3) is 52.5 Å². The van der Waals surface area contributed by atoms with Crippen molar-refractivity contribution >= 4 is 99.6 Å². The van der Waals surface area contributed by atoms with E-state index in [2.05, 4.69) is 155 Å². The van der Waals surface area contributed by atoms with Gasteiger partial charge in [-0.2, -0.15) is 0 Å². The minimum atomic E-state index is -2.65. The number of hydrogen-bond donors (Lipinski definition) is 0. The second kappa shape index (κ2) is 10.6. The monoisotopic (exact) mass is 662 g/mol. The molecule has 2 nitrogen and oxygen atoms in total. The quantitative estimate of drug-likeness (QED) is 0.135. The number of benzene rings is 7. The normalized spacial score (nSPS) is 13.5. The van der Waals surface area contributed by atoms with Gasteiger partial charge in [0.1, 0.15) is 0 Å². The summed E-state index contributed by atoms with van der Waals surface area (Å²) < 4.78 is 4.95. The maximum atomic E-state index is 7.61. The van der Waals surface area contributed by atoms with E-state index in [4.69, 9.17) is 6.57 Å². The average Bonchev–Trinajstić information content (AvgIpc) is 3.68. The summed E-state index contributed by atoms with van der Waals surface area (Å²) in [6.45, 7) is 7.61. The molecule has 0 radical (unpaired) electrons. The molecule has 224 valence electrons. The van der Waals surface area contributed by atoms with Gasteiger partial charge < -0.3 is 4.57 Å². The standard InChI is InChI=1S/C43H26N2S2Si/c1-44-28-19-22-37-33(25-28)32-13-5-6-14-36(32)45(37)29-20-23-38-34(26-29)35-27-31(21-24-39(35)46-38)48(30-11-3-2-4-12-30)42-17-9-7-15-40(42)47-41-16-8-10-18-43(41)48/h2-27H. The lowest BCUT2D eigenvalue weighted by Gasteiger charge is -2.39. The number of hydrogen-bond acceptors (Lipinski definition) is 2. The largest absolute Gasteiger partial charge is 0.309 e. The summed E-state index contributed by atoms with van der Waals surface area (Å²) in [6, 6.07) is 58.2. The predicted octanol–water partition coefficient (Wildman–Crippen LogP) is 9.54. The molecule has 1 aliphatic heterocycles. The maximum absolute atomic E-state index is 7.61. The van der Waals surface area contributed by atoms with Crippen molar-refractivity contribution in [2.24, 2.45) is 0 Å². The Hall–Kier alpha value is -5.38. The van der Waals surface area contributed by atoms with Gasteiger partial charge in [0.25, 0.3) is 0 Å². The first-order valence-electron chi connectivity index (χ1n) is 16.0. The number of fused-ring (bicyclic) bond motifs is 8. The van der Waals surface area contributed by atoms with E-state index in [-0.39, 0.29) is 0 Å². The smallest absolute Gasteiger partial charge is 0.188 e. The van der Waals surface area contributed by atoms with E-state index < -0.39 is 8.07 Å². The van der Waals surface area contributed by atoms with Gasteiger partial charge in [-0.1, -0.05) is 115 Å². The Bertz CT molecular complexity index is 2740. The fourth-order valence-corrected chi connectivity index (χ4v) is 15.9. The fourth-order valence-electron chi connectivity index (χ4n) is 7.92. The summed E-state index contributed by atoms with van der Waals surface area (Å²) in [6.07, 6.45) is 0. The SMILES string of the molecule is [C-]#[N+]c1ccc2c(c1)c1ccccc1n2-c1ccc2sc3ccc([Si]4(c5ccccc5)c5ccccc5Sc5ccccc54)cc3c2c1. The molecule has 7 aromatic carbocycles. The second-order valence-electron chi connectivity index (χ2n) is 12.4. The Labute approximate surface area is 287 Å². The molecular formula is C43H26N2S2Si. The third kappa shape index (κ3) is 3.85. The van der Waals surface area contributed by atoms with Gasteiger partial charge in [0, 0.05) is 41.0 Å². The van der Waals surface area contributed by atoms with Crippen molar-refractivity contribution in [2.75, 3.05) is 0 Å². The lowest BCUT2D eigenvalue weighted by Crippen LogP contribution is -2.76. The molecule has 1 aliphatic rings. The van der Waals surface area contributed by atoms with Crippen molar-refractivity contribution in [2.45, 2.75) is 9.79 Å². The number of aromatic nitrogens is 1. The van der Waals surface area contributed by atoms with Crippen molar-refractivity contribution in [3.8, 4) is 5.69 Å². The predicted molar refractivity (Wildman–Crippen MR) is 208 cm³/mol. The Kier molecular flexibility index (Phi) is 6.10. The van der Waals surface area contributed by atoms with Crippen LogP contribution in [0.5, 0.6) is 0 Å². The lowest BCUT2D eigenvalue weighted by atomic mass is 10.1. The molecule has 0 N–H and O–H groups in total. The molecule has 0 spiro atoms. The molecule has 0 atom stereocenters. The highest BCUT2D eigenvalue weighted by atomic mass is 32.2. The molecule has 0 saturated heterocycles. The third-order valence-electron chi connectivity index (χ3n) is 9.94. The molecule has 3 heterocycles. The molecule has 5 heteroatoms. The molecule has 0 unspecified atom stereocenters. The molecule has 0 amide bonds. The van der Waals surface area contributed by atoms with Crippen LogP contribution in [0.1, 0.15) is 0 Å². The molecule has 0 aliphatic carbocycles. The lowest BCUT2D eigenvalue weighted by molar-refractivity contribution is 1.19. The first kappa shape index (κ1) is 27.7. The number of nitrogens with zero attached hydrogens (tertiary/aromatic N) is 2. The summed E-state index contributed by atoms with van der Waals surface area (Å²) in [4.78, 5) is 6.44. The average molecular weight is 663 g/mol. The van der Waals surface area contributed by atoms with E-state index in [1.807, 2.05) is 35.2 Å². The molecule has 9 aromatic rings. The van der Waals surface area contributed by atoms with Crippen LogP contribution in [0.2, 0.25) is 0 Å². The number of para-hydroxylation sites is 1. The van der Waals surface area contributed by atoms with E-state index in [9.17, 15) is 0 Å². The highest BCUT2D eigenvalue weighted by Crippen LogP contribution is 2.39. The van der Waals surface area contributed by atoms with Crippen LogP contribution < -0.4 is 20.7 Å². The zero-order valence-electron chi connectivity index (χ0n) is 25.7. The first-order chi connectivity index (χ1) is 23.7. The Morgan fingerprint density at radius 3 is 1.92 bits per heavy atom.